The Balaban J connectivity index is 0. The molecule has 0 N–H and O–H groups in total. The SMILES string of the molecule is [Ca+2].[H-].[H-].[H-].[H-].[Mg+2].[Ti].[Zr]. The molecule has 16 valence electrons. The van der Waals surface area contributed by atoms with Crippen LogP contribution in [0.15, 0.2) is 0 Å². The van der Waals surface area contributed by atoms with E-state index in [-0.39, 0.29) is 114 Å². The Bertz CT molecular complexity index is 16.0. The molecule has 0 saturated heterocycles. The Labute approximate surface area is 112 Å². The summed E-state index contributed by atoms with van der Waals surface area (Å²) in [6, 6.07) is 0. The van der Waals surface area contributed by atoms with Crippen molar-refractivity contribution in [3.8, 4) is 0 Å². The van der Waals surface area contributed by atoms with Gasteiger partial charge in [-0.15, -0.1) is 0 Å². The molecule has 0 unspecified atom stereocenters. The Kier molecular flexibility index (Phi) is 102. The minimum Gasteiger partial charge on any atom is -1.00 e. The van der Waals surface area contributed by atoms with E-state index in [4.69, 9.17) is 0 Å². The molecule has 0 spiro atoms. The van der Waals surface area contributed by atoms with E-state index in [0.29, 0.717) is 0 Å². The summed E-state index contributed by atoms with van der Waals surface area (Å²) < 4.78 is 0. The zero-order valence-electron chi connectivity index (χ0n) is 6.41. The summed E-state index contributed by atoms with van der Waals surface area (Å²) >= 11 is 0. The molecule has 0 fully saturated rings. The number of rotatable bonds is 0. The van der Waals surface area contributed by atoms with Crippen molar-refractivity contribution in [1.29, 1.82) is 0 Å². The van der Waals surface area contributed by atoms with Crippen LogP contribution in [0.1, 0.15) is 5.71 Å². The standard InChI is InChI=1S/Ca.Mg.Ti.Zr.4H/q2*+2;;;4*-1. The van der Waals surface area contributed by atoms with E-state index >= 15 is 0 Å². The van der Waals surface area contributed by atoms with E-state index in [1.807, 2.05) is 0 Å². The van der Waals surface area contributed by atoms with Crippen LogP contribution >= 0.6 is 0 Å². The first-order valence-electron chi connectivity index (χ1n) is 0. The summed E-state index contributed by atoms with van der Waals surface area (Å²) in [5, 5.41) is 0. The maximum absolute atomic E-state index is 0. The monoisotopic (exact) mass is 206 g/mol. The average molecular weight is 208 g/mol. The van der Waals surface area contributed by atoms with E-state index in [9.17, 15) is 0 Å². The maximum atomic E-state index is 0. The van der Waals surface area contributed by atoms with E-state index in [1.165, 1.54) is 0 Å². The zero-order valence-corrected chi connectivity index (χ0v) is 10.1. The molecule has 0 bridgehead atoms. The van der Waals surface area contributed by atoms with Gasteiger partial charge in [0.25, 0.3) is 0 Å². The molecule has 0 aliphatic heterocycles. The predicted octanol–water partition coefficient (Wildman–Crippen LogP) is -0.317. The molecule has 0 saturated carbocycles. The van der Waals surface area contributed by atoms with Crippen molar-refractivity contribution in [3.63, 3.8) is 0 Å². The predicted molar refractivity (Wildman–Crippen MR) is 16.0 cm³/mol. The van der Waals surface area contributed by atoms with E-state index in [2.05, 4.69) is 0 Å². The van der Waals surface area contributed by atoms with Crippen molar-refractivity contribution in [2.24, 2.45) is 0 Å². The van der Waals surface area contributed by atoms with Crippen LogP contribution in [0.3, 0.4) is 0 Å². The molecule has 0 aromatic carbocycles. The molecule has 0 atom stereocenters. The van der Waals surface area contributed by atoms with Gasteiger partial charge in [-0.05, 0) is 0 Å². The third-order valence-electron chi connectivity index (χ3n) is 0. The van der Waals surface area contributed by atoms with Gasteiger partial charge < -0.3 is 5.71 Å². The Morgan fingerprint density at radius 1 is 1.25 bits per heavy atom. The molecule has 0 aromatic rings. The molecule has 0 aromatic heterocycles. The van der Waals surface area contributed by atoms with Gasteiger partial charge in [0.1, 0.15) is 0 Å². The third kappa shape index (κ3) is 9.16. The first-order valence-corrected chi connectivity index (χ1v) is 0. The van der Waals surface area contributed by atoms with Gasteiger partial charge >= 0.3 is 60.8 Å². The van der Waals surface area contributed by atoms with Crippen LogP contribution in [0.25, 0.3) is 0 Å². The van der Waals surface area contributed by atoms with E-state index in [0.717, 1.165) is 0 Å². The first-order chi connectivity index (χ1) is 0. The van der Waals surface area contributed by atoms with Crippen LogP contribution in [0.5, 0.6) is 0 Å². The largest absolute Gasteiger partial charge is 2.00 e. The van der Waals surface area contributed by atoms with Gasteiger partial charge in [0, 0.05) is 47.9 Å². The van der Waals surface area contributed by atoms with E-state index < -0.39 is 0 Å². The third-order valence-corrected chi connectivity index (χ3v) is 0. The Morgan fingerprint density at radius 3 is 1.25 bits per heavy atom. The van der Waals surface area contributed by atoms with Crippen LogP contribution in [0.2, 0.25) is 0 Å². The summed E-state index contributed by atoms with van der Waals surface area (Å²) in [6.07, 6.45) is 0. The molecule has 0 aliphatic rings. The fourth-order valence-electron chi connectivity index (χ4n) is 0. The van der Waals surface area contributed by atoms with Crippen molar-refractivity contribution < 1.29 is 53.6 Å². The second-order valence-corrected chi connectivity index (χ2v) is 0. The average Bonchev–Trinajstić information content (AvgIpc) is 0. The fourth-order valence-corrected chi connectivity index (χ4v) is 0. The molecule has 0 amide bonds. The minimum absolute atomic E-state index is 0. The molecule has 0 nitrogen and oxygen atoms in total. The summed E-state index contributed by atoms with van der Waals surface area (Å²) in [5.41, 5.74) is 0. The van der Waals surface area contributed by atoms with Gasteiger partial charge in [0.15, 0.2) is 0 Å². The second-order valence-electron chi connectivity index (χ2n) is 0. The number of hydrogen-bond donors (Lipinski definition) is 0. The quantitative estimate of drug-likeness (QED) is 0.478. The zero-order chi connectivity index (χ0) is 0. The molecule has 4 heteroatoms. The summed E-state index contributed by atoms with van der Waals surface area (Å²) in [6.45, 7) is 0. The van der Waals surface area contributed by atoms with Crippen molar-refractivity contribution in [2.75, 3.05) is 0 Å². The van der Waals surface area contributed by atoms with Crippen molar-refractivity contribution >= 4 is 60.8 Å². The van der Waals surface area contributed by atoms with Crippen molar-refractivity contribution in [3.05, 3.63) is 0 Å². The number of hydrogen-bond acceptors (Lipinski definition) is 0. The van der Waals surface area contributed by atoms with Gasteiger partial charge in [0.2, 0.25) is 0 Å². The summed E-state index contributed by atoms with van der Waals surface area (Å²) in [5.74, 6) is 0. The van der Waals surface area contributed by atoms with E-state index in [1.54, 1.807) is 0 Å². The van der Waals surface area contributed by atoms with Crippen LogP contribution in [-0.4, -0.2) is 60.8 Å². The van der Waals surface area contributed by atoms with Crippen molar-refractivity contribution in [2.45, 2.75) is 0 Å². The summed E-state index contributed by atoms with van der Waals surface area (Å²) in [7, 11) is 0. The van der Waals surface area contributed by atoms with Gasteiger partial charge in [-0.2, -0.15) is 0 Å². The molecular weight excluding hydrogens is 203 g/mol. The van der Waals surface area contributed by atoms with Crippen molar-refractivity contribution in [1.82, 2.24) is 0 Å². The van der Waals surface area contributed by atoms with Gasteiger partial charge in [-0.1, -0.05) is 0 Å². The van der Waals surface area contributed by atoms with Gasteiger partial charge in [-0.25, -0.2) is 0 Å². The Morgan fingerprint density at radius 2 is 1.25 bits per heavy atom. The molecule has 0 heterocycles. The summed E-state index contributed by atoms with van der Waals surface area (Å²) in [4.78, 5) is 0. The molecule has 0 rings (SSSR count). The topological polar surface area (TPSA) is 0 Å². The molecule has 0 radical (unpaired) electrons. The maximum Gasteiger partial charge on any atom is 2.00 e. The van der Waals surface area contributed by atoms with Crippen LogP contribution in [0.4, 0.5) is 0 Å². The molecule has 4 heavy (non-hydrogen) atoms. The fraction of sp³-hybridized carbons (Fsp3) is 0. The minimum atomic E-state index is 0. The van der Waals surface area contributed by atoms with Crippen LogP contribution in [-0.2, 0) is 47.9 Å². The second kappa shape index (κ2) is 16.0. The van der Waals surface area contributed by atoms with Crippen LogP contribution < -0.4 is 0 Å². The smallest absolute Gasteiger partial charge is 1.00 e. The molecular formula is H4CaMgTiZr. The van der Waals surface area contributed by atoms with Gasteiger partial charge in [-0.3, -0.25) is 0 Å². The van der Waals surface area contributed by atoms with Gasteiger partial charge in [0.05, 0.1) is 0 Å². The first kappa shape index (κ1) is 25.5. The normalized spacial score (nSPS) is 0. The Hall–Kier alpha value is 3.62. The molecule has 0 aliphatic carbocycles. The van der Waals surface area contributed by atoms with Crippen LogP contribution in [0, 0.1) is 0 Å².